The summed E-state index contributed by atoms with van der Waals surface area (Å²) in [4.78, 5) is 12.9. The van der Waals surface area contributed by atoms with Crippen LogP contribution in [0.25, 0.3) is 0 Å². The minimum Gasteiger partial charge on any atom is -0.440 e. The predicted molar refractivity (Wildman–Crippen MR) is 166 cm³/mol. The standard InChI is InChI=1S/C30H27N4O5P3/c31-42(39-30-24-14-5-15-25-30)32-40(37-28-20-10-3-11-21-28)33(35-26-16-6-1-7-17-26)41(38-29-22-12-4-13-23-29)34(42)36-27-18-8-2-9-19-27/h1-25H,31H2. The number of benzene rings is 5. The lowest BCUT2D eigenvalue weighted by Gasteiger charge is -2.43. The van der Waals surface area contributed by atoms with Crippen LogP contribution in [-0.4, -0.2) is 9.21 Å². The molecular formula is C30H27N4O5P3. The molecular weight excluding hydrogens is 589 g/mol. The molecule has 0 aliphatic carbocycles. The molecule has 12 heteroatoms. The molecule has 0 amide bonds. The molecule has 1 aliphatic heterocycles. The monoisotopic (exact) mass is 616 g/mol. The fourth-order valence-corrected chi connectivity index (χ4v) is 10.7. The summed E-state index contributed by atoms with van der Waals surface area (Å²) < 4.78 is 27.7. The van der Waals surface area contributed by atoms with E-state index >= 15 is 0 Å². The van der Waals surface area contributed by atoms with Crippen LogP contribution in [0.2, 0.25) is 0 Å². The van der Waals surface area contributed by atoms with E-state index in [0.717, 1.165) is 0 Å². The fraction of sp³-hybridized carbons (Fsp3) is 0. The largest absolute Gasteiger partial charge is 0.440 e. The summed E-state index contributed by atoms with van der Waals surface area (Å²) >= 11 is 0. The summed E-state index contributed by atoms with van der Waals surface area (Å²) in [5.74, 6) is 2.79. The zero-order valence-electron chi connectivity index (χ0n) is 22.2. The third kappa shape index (κ3) is 6.92. The van der Waals surface area contributed by atoms with Gasteiger partial charge < -0.3 is 23.2 Å². The highest BCUT2D eigenvalue weighted by Crippen LogP contribution is 2.75. The molecule has 0 bridgehead atoms. The molecule has 0 aromatic heterocycles. The van der Waals surface area contributed by atoms with E-state index < -0.39 is 24.5 Å². The van der Waals surface area contributed by atoms with E-state index in [1.54, 1.807) is 4.60 Å². The van der Waals surface area contributed by atoms with Gasteiger partial charge >= 0.3 is 24.5 Å². The Kier molecular flexibility index (Phi) is 8.97. The van der Waals surface area contributed by atoms with Crippen LogP contribution in [0, 0.1) is 0 Å². The fourth-order valence-electron chi connectivity index (χ4n) is 3.70. The number of nitrogens with two attached hydrogens (primary N) is 1. The lowest BCUT2D eigenvalue weighted by atomic mass is 10.3. The van der Waals surface area contributed by atoms with Crippen LogP contribution >= 0.6 is 24.5 Å². The minimum absolute atomic E-state index is 0.526. The first-order valence-corrected chi connectivity index (χ1v) is 17.0. The Labute approximate surface area is 247 Å². The number of hydrogen-bond donors (Lipinski definition) is 1. The van der Waals surface area contributed by atoms with Crippen LogP contribution in [-0.2, 0) is 0 Å². The molecule has 212 valence electrons. The third-order valence-corrected chi connectivity index (χ3v) is 12.3. The maximum atomic E-state index is 7.14. The van der Waals surface area contributed by atoms with Crippen molar-refractivity contribution in [3.05, 3.63) is 152 Å². The van der Waals surface area contributed by atoms with Crippen molar-refractivity contribution in [3.63, 3.8) is 0 Å². The van der Waals surface area contributed by atoms with Crippen molar-refractivity contribution in [3.8, 4) is 28.7 Å². The molecule has 42 heavy (non-hydrogen) atoms. The van der Waals surface area contributed by atoms with E-state index in [1.807, 2.05) is 152 Å². The Hall–Kier alpha value is -3.93. The van der Waals surface area contributed by atoms with Gasteiger partial charge in [-0.3, -0.25) is 5.50 Å². The molecule has 0 fully saturated rings. The van der Waals surface area contributed by atoms with Crippen molar-refractivity contribution in [2.45, 2.75) is 0 Å². The van der Waals surface area contributed by atoms with Gasteiger partial charge in [0.1, 0.15) is 28.7 Å². The normalized spacial score (nSPS) is 20.6. The maximum absolute atomic E-state index is 7.14. The first-order valence-electron chi connectivity index (χ1n) is 12.9. The Morgan fingerprint density at radius 2 is 0.905 bits per heavy atom. The average Bonchev–Trinajstić information content (AvgIpc) is 3.03. The van der Waals surface area contributed by atoms with Crippen LogP contribution in [0.3, 0.4) is 0 Å². The summed E-state index contributed by atoms with van der Waals surface area (Å²) in [6, 6.07) is 46.7. The highest BCUT2D eigenvalue weighted by molar-refractivity contribution is 7.79. The molecule has 5 aromatic rings. The van der Waals surface area contributed by atoms with Gasteiger partial charge in [0.2, 0.25) is 0 Å². The molecule has 3 atom stereocenters. The predicted octanol–water partition coefficient (Wildman–Crippen LogP) is 9.19. The molecule has 0 spiro atoms. The molecule has 1 aliphatic rings. The van der Waals surface area contributed by atoms with Gasteiger partial charge in [-0.25, -0.2) is 0 Å². The van der Waals surface area contributed by atoms with Crippen molar-refractivity contribution in [1.29, 1.82) is 0 Å². The van der Waals surface area contributed by atoms with Crippen molar-refractivity contribution >= 4 is 24.5 Å². The lowest BCUT2D eigenvalue weighted by Crippen LogP contribution is -2.37. The summed E-state index contributed by atoms with van der Waals surface area (Å²) in [6.07, 6.45) is 0. The molecule has 0 saturated heterocycles. The number of para-hydroxylation sites is 5. The second-order valence-electron chi connectivity index (χ2n) is 8.71. The number of rotatable bonds is 10. The van der Waals surface area contributed by atoms with E-state index in [-0.39, 0.29) is 0 Å². The topological polar surface area (TPSA) is 91.0 Å². The van der Waals surface area contributed by atoms with Crippen molar-refractivity contribution in [2.75, 3.05) is 0 Å². The van der Waals surface area contributed by atoms with Crippen molar-refractivity contribution in [2.24, 2.45) is 10.0 Å². The van der Waals surface area contributed by atoms with Gasteiger partial charge in [0, 0.05) is 9.21 Å². The molecule has 6 rings (SSSR count). The van der Waals surface area contributed by atoms with E-state index in [4.69, 9.17) is 33.3 Å². The Bertz CT molecular complexity index is 1610. The molecule has 2 N–H and O–H groups in total. The molecule has 9 nitrogen and oxygen atoms in total. The number of hydrogen-bond acceptors (Lipinski definition) is 9. The Morgan fingerprint density at radius 3 is 1.40 bits per heavy atom. The van der Waals surface area contributed by atoms with Crippen molar-refractivity contribution < 1.29 is 23.2 Å². The van der Waals surface area contributed by atoms with E-state index in [0.29, 0.717) is 28.7 Å². The minimum atomic E-state index is -3.47. The smallest absolute Gasteiger partial charge is 0.347 e. The Morgan fingerprint density at radius 1 is 0.500 bits per heavy atom. The van der Waals surface area contributed by atoms with Crippen molar-refractivity contribution in [1.82, 2.24) is 9.21 Å². The molecule has 1 heterocycles. The molecule has 5 aromatic carbocycles. The van der Waals surface area contributed by atoms with Gasteiger partial charge in [0.05, 0.1) is 0 Å². The summed E-state index contributed by atoms with van der Waals surface area (Å²) in [7, 11) is -7.42. The third-order valence-electron chi connectivity index (χ3n) is 5.59. The quantitative estimate of drug-likeness (QED) is 0.155. The molecule has 0 saturated carbocycles. The zero-order valence-corrected chi connectivity index (χ0v) is 24.9. The van der Waals surface area contributed by atoms with Gasteiger partial charge in [-0.05, 0) is 60.7 Å². The van der Waals surface area contributed by atoms with E-state index in [9.17, 15) is 0 Å². The average molecular weight is 616 g/mol. The molecule has 0 radical (unpaired) electrons. The van der Waals surface area contributed by atoms with Crippen LogP contribution in [0.5, 0.6) is 28.7 Å². The van der Waals surface area contributed by atoms with Gasteiger partial charge in [-0.1, -0.05) is 91.0 Å². The van der Waals surface area contributed by atoms with Gasteiger partial charge in [-0.15, -0.1) is 0 Å². The first-order chi connectivity index (χ1) is 20.7. The van der Waals surface area contributed by atoms with Crippen LogP contribution in [0.4, 0.5) is 0 Å². The Balaban J connectivity index is 1.51. The zero-order chi connectivity index (χ0) is 28.6. The highest BCUT2D eigenvalue weighted by atomic mass is 31.3. The van der Waals surface area contributed by atoms with Crippen LogP contribution in [0.15, 0.2) is 156 Å². The maximum Gasteiger partial charge on any atom is 0.347 e. The van der Waals surface area contributed by atoms with Gasteiger partial charge in [0.15, 0.2) is 0 Å². The molecule has 3 unspecified atom stereocenters. The van der Waals surface area contributed by atoms with E-state index in [2.05, 4.69) is 0 Å². The second kappa shape index (κ2) is 13.4. The summed E-state index contributed by atoms with van der Waals surface area (Å²) in [5.41, 5.74) is 7.14. The van der Waals surface area contributed by atoms with Crippen LogP contribution < -0.4 is 28.8 Å². The lowest BCUT2D eigenvalue weighted by molar-refractivity contribution is 0.0618. The van der Waals surface area contributed by atoms with Gasteiger partial charge in [0.25, 0.3) is 0 Å². The summed E-state index contributed by atoms with van der Waals surface area (Å²) in [6.45, 7) is 0. The highest BCUT2D eigenvalue weighted by Gasteiger charge is 2.54. The second-order valence-corrected chi connectivity index (χ2v) is 14.2. The summed E-state index contributed by atoms with van der Waals surface area (Å²) in [5, 5.41) is 0. The van der Waals surface area contributed by atoms with Crippen LogP contribution in [0.1, 0.15) is 0 Å². The number of nitrogens with zero attached hydrogens (tertiary/aromatic N) is 3. The first kappa shape index (κ1) is 28.2. The SMILES string of the molecule is NP1(Oc2ccccc2)=NP(Oc2ccccc2)N(Oc2ccccc2)P(Oc2ccccc2)N1Oc1ccccc1. The van der Waals surface area contributed by atoms with Gasteiger partial charge in [-0.2, -0.15) is 4.52 Å². The van der Waals surface area contributed by atoms with E-state index in [1.165, 1.54) is 4.60 Å².